The van der Waals surface area contributed by atoms with Gasteiger partial charge in [0.2, 0.25) is 0 Å². The second kappa shape index (κ2) is 7.38. The van der Waals surface area contributed by atoms with Gasteiger partial charge in [0.05, 0.1) is 32.8 Å². The van der Waals surface area contributed by atoms with Crippen LogP contribution >= 0.6 is 0 Å². The monoisotopic (exact) mass is 363 g/mol. The topological polar surface area (TPSA) is 12.5 Å². The highest BCUT2D eigenvalue weighted by Crippen LogP contribution is 2.45. The summed E-state index contributed by atoms with van der Waals surface area (Å²) in [7, 11) is 0. The Labute approximate surface area is 163 Å². The average molecular weight is 364 g/mol. The number of benzene rings is 2. The van der Waals surface area contributed by atoms with Crippen LogP contribution < -0.4 is 4.48 Å². The van der Waals surface area contributed by atoms with E-state index in [0.717, 1.165) is 38.8 Å². The molecule has 0 aromatic heterocycles. The van der Waals surface area contributed by atoms with Crippen LogP contribution in [-0.2, 0) is 11.3 Å². The smallest absolute Gasteiger partial charge is 0.132 e. The number of quaternary nitrogens is 1. The maximum atomic E-state index is 5.50. The summed E-state index contributed by atoms with van der Waals surface area (Å²) in [5.74, 6) is 1.57. The van der Waals surface area contributed by atoms with Gasteiger partial charge in [-0.05, 0) is 29.2 Å². The fourth-order valence-corrected chi connectivity index (χ4v) is 5.62. The molecule has 2 bridgehead atoms. The van der Waals surface area contributed by atoms with Gasteiger partial charge in [0.1, 0.15) is 5.69 Å². The van der Waals surface area contributed by atoms with Gasteiger partial charge < -0.3 is 4.74 Å². The van der Waals surface area contributed by atoms with Crippen molar-refractivity contribution in [2.45, 2.75) is 25.3 Å². The zero-order valence-corrected chi connectivity index (χ0v) is 16.2. The van der Waals surface area contributed by atoms with Gasteiger partial charge in [0.25, 0.3) is 0 Å². The molecule has 0 radical (unpaired) electrons. The SMILES string of the molecule is c1ccc([N+]23CCC(CC2)C(c2cccc(CN4CCOCC4)c2)C3)cc1. The van der Waals surface area contributed by atoms with Crippen LogP contribution in [-0.4, -0.2) is 50.8 Å². The van der Waals surface area contributed by atoms with E-state index in [-0.39, 0.29) is 0 Å². The lowest BCUT2D eigenvalue weighted by Gasteiger charge is -2.52. The molecule has 27 heavy (non-hydrogen) atoms. The van der Waals surface area contributed by atoms with Crippen molar-refractivity contribution >= 4 is 5.69 Å². The molecule has 2 aromatic rings. The summed E-state index contributed by atoms with van der Waals surface area (Å²) < 4.78 is 6.69. The van der Waals surface area contributed by atoms with Gasteiger partial charge in [0, 0.05) is 38.4 Å². The van der Waals surface area contributed by atoms with Crippen molar-refractivity contribution in [1.82, 2.24) is 9.38 Å². The first-order valence-corrected chi connectivity index (χ1v) is 10.6. The largest absolute Gasteiger partial charge is 0.379 e. The Kier molecular flexibility index (Phi) is 4.76. The van der Waals surface area contributed by atoms with Crippen LogP contribution in [0.1, 0.15) is 29.9 Å². The van der Waals surface area contributed by atoms with Crippen molar-refractivity contribution in [1.29, 1.82) is 0 Å². The van der Waals surface area contributed by atoms with Crippen LogP contribution in [0.4, 0.5) is 5.69 Å². The Morgan fingerprint density at radius 1 is 0.926 bits per heavy atom. The van der Waals surface area contributed by atoms with Crippen molar-refractivity contribution in [3.8, 4) is 0 Å². The second-order valence-electron chi connectivity index (χ2n) is 8.69. The highest BCUT2D eigenvalue weighted by Gasteiger charge is 2.47. The van der Waals surface area contributed by atoms with Crippen LogP contribution in [0.25, 0.3) is 0 Å². The summed E-state index contributed by atoms with van der Waals surface area (Å²) in [5.41, 5.74) is 4.56. The van der Waals surface area contributed by atoms with E-state index in [1.165, 1.54) is 48.2 Å². The lowest BCUT2D eigenvalue weighted by molar-refractivity contribution is 0.0341. The predicted octanol–water partition coefficient (Wildman–Crippen LogP) is 4.03. The van der Waals surface area contributed by atoms with E-state index in [1.54, 1.807) is 5.56 Å². The van der Waals surface area contributed by atoms with E-state index >= 15 is 0 Å². The third kappa shape index (κ3) is 3.44. The predicted molar refractivity (Wildman–Crippen MR) is 111 cm³/mol. The number of fused-ring (bicyclic) bond motifs is 3. The highest BCUT2D eigenvalue weighted by atomic mass is 16.5. The van der Waals surface area contributed by atoms with Crippen molar-refractivity contribution < 1.29 is 4.74 Å². The molecule has 0 aliphatic carbocycles. The van der Waals surface area contributed by atoms with E-state index in [0.29, 0.717) is 5.92 Å². The summed E-state index contributed by atoms with van der Waals surface area (Å²) in [6.45, 7) is 8.85. The van der Waals surface area contributed by atoms with E-state index in [4.69, 9.17) is 4.74 Å². The lowest BCUT2D eigenvalue weighted by atomic mass is 9.73. The summed E-state index contributed by atoms with van der Waals surface area (Å²) >= 11 is 0. The fourth-order valence-electron chi connectivity index (χ4n) is 5.62. The molecule has 4 aliphatic heterocycles. The van der Waals surface area contributed by atoms with Crippen LogP contribution in [0.15, 0.2) is 54.6 Å². The minimum absolute atomic E-state index is 0.706. The van der Waals surface area contributed by atoms with Gasteiger partial charge in [-0.1, -0.05) is 42.5 Å². The van der Waals surface area contributed by atoms with Crippen LogP contribution in [0.3, 0.4) is 0 Å². The molecular weight excluding hydrogens is 332 g/mol. The molecule has 0 N–H and O–H groups in total. The number of nitrogens with zero attached hydrogens (tertiary/aromatic N) is 2. The second-order valence-corrected chi connectivity index (χ2v) is 8.69. The van der Waals surface area contributed by atoms with Gasteiger partial charge >= 0.3 is 0 Å². The third-order valence-corrected chi connectivity index (χ3v) is 7.16. The Balaban J connectivity index is 1.37. The van der Waals surface area contributed by atoms with Crippen LogP contribution in [0.5, 0.6) is 0 Å². The van der Waals surface area contributed by atoms with Gasteiger partial charge in [-0.15, -0.1) is 0 Å². The molecule has 4 heterocycles. The quantitative estimate of drug-likeness (QED) is 0.761. The molecule has 0 spiro atoms. The molecule has 0 amide bonds. The van der Waals surface area contributed by atoms with Crippen molar-refractivity contribution in [2.24, 2.45) is 5.92 Å². The number of morpholine rings is 1. The maximum Gasteiger partial charge on any atom is 0.132 e. The molecule has 1 atom stereocenters. The zero-order chi connectivity index (χ0) is 18.1. The Bertz CT molecular complexity index is 761. The van der Waals surface area contributed by atoms with Gasteiger partial charge in [-0.3, -0.25) is 9.38 Å². The number of para-hydroxylation sites is 1. The van der Waals surface area contributed by atoms with Crippen molar-refractivity contribution in [3.63, 3.8) is 0 Å². The molecule has 6 rings (SSSR count). The molecule has 0 saturated carbocycles. The molecular formula is C24H31N2O+. The molecule has 4 saturated heterocycles. The molecule has 3 heteroatoms. The molecule has 1 unspecified atom stereocenters. The molecule has 4 fully saturated rings. The van der Waals surface area contributed by atoms with Gasteiger partial charge in [0.15, 0.2) is 0 Å². The number of hydrogen-bond donors (Lipinski definition) is 0. The first kappa shape index (κ1) is 17.4. The first-order chi connectivity index (χ1) is 13.3. The van der Waals surface area contributed by atoms with E-state index in [2.05, 4.69) is 59.5 Å². The Morgan fingerprint density at radius 2 is 1.70 bits per heavy atom. The van der Waals surface area contributed by atoms with Crippen LogP contribution in [0, 0.1) is 5.92 Å². The molecule has 142 valence electrons. The summed E-state index contributed by atoms with van der Waals surface area (Å²) in [5, 5.41) is 0. The van der Waals surface area contributed by atoms with Crippen molar-refractivity contribution in [2.75, 3.05) is 45.9 Å². The van der Waals surface area contributed by atoms with E-state index < -0.39 is 0 Å². The minimum atomic E-state index is 0.706. The highest BCUT2D eigenvalue weighted by molar-refractivity contribution is 5.45. The standard InChI is InChI=1S/C24H31N2O/c1-2-7-23(8-3-1)26-13-9-21(10-14-26)24(19-26)22-6-4-5-20(17-22)18-25-11-15-27-16-12-25/h1-8,17,21,24H,9-16,18-19H2/q+1. The normalized spacial score (nSPS) is 31.1. The number of ether oxygens (including phenoxy) is 1. The van der Waals surface area contributed by atoms with Gasteiger partial charge in [-0.25, -0.2) is 0 Å². The number of rotatable bonds is 4. The maximum absolute atomic E-state index is 5.50. The zero-order valence-electron chi connectivity index (χ0n) is 16.2. The van der Waals surface area contributed by atoms with E-state index in [1.807, 2.05) is 0 Å². The first-order valence-electron chi connectivity index (χ1n) is 10.6. The summed E-state index contributed by atoms with van der Waals surface area (Å²) in [6.07, 6.45) is 2.74. The average Bonchev–Trinajstić information content (AvgIpc) is 2.76. The number of hydrogen-bond acceptors (Lipinski definition) is 2. The van der Waals surface area contributed by atoms with E-state index in [9.17, 15) is 0 Å². The molecule has 2 aromatic carbocycles. The fraction of sp³-hybridized carbons (Fsp3) is 0.500. The summed E-state index contributed by atoms with van der Waals surface area (Å²) in [4.78, 5) is 2.52. The minimum Gasteiger partial charge on any atom is -0.379 e. The Hall–Kier alpha value is -1.68. The van der Waals surface area contributed by atoms with Crippen molar-refractivity contribution in [3.05, 3.63) is 65.7 Å². The Morgan fingerprint density at radius 3 is 2.48 bits per heavy atom. The molecule has 3 nitrogen and oxygen atoms in total. The summed E-state index contributed by atoms with van der Waals surface area (Å²) in [6, 6.07) is 20.7. The third-order valence-electron chi connectivity index (χ3n) is 7.16. The number of piperidine rings is 3. The molecule has 4 aliphatic rings. The van der Waals surface area contributed by atoms with Gasteiger partial charge in [-0.2, -0.15) is 0 Å². The van der Waals surface area contributed by atoms with Crippen LogP contribution in [0.2, 0.25) is 0 Å². The lowest BCUT2D eigenvalue weighted by Crippen LogP contribution is -2.62.